The smallest absolute Gasteiger partial charge is 0.338 e. The summed E-state index contributed by atoms with van der Waals surface area (Å²) < 4.78 is 4.92. The second-order valence-corrected chi connectivity index (χ2v) is 3.76. The Morgan fingerprint density at radius 1 is 1.26 bits per heavy atom. The van der Waals surface area contributed by atoms with E-state index in [2.05, 4.69) is 10.6 Å². The molecule has 0 fully saturated rings. The molecule has 1 aromatic rings. The standard InChI is InChI=1S/C13H19N3O3/c1-3-15-10-6-5-9(13(18)19-4-2)7-11(10)16-12(17)8-14/h5-7,15H,3-4,8,14H2,1-2H3,(H,16,17). The number of ether oxygens (including phenoxy) is 1. The number of hydrogen-bond acceptors (Lipinski definition) is 5. The van der Waals surface area contributed by atoms with Crippen molar-refractivity contribution < 1.29 is 14.3 Å². The summed E-state index contributed by atoms with van der Waals surface area (Å²) in [5, 5.41) is 5.74. The van der Waals surface area contributed by atoms with Crippen LogP contribution in [-0.2, 0) is 9.53 Å². The van der Waals surface area contributed by atoms with E-state index in [9.17, 15) is 9.59 Å². The monoisotopic (exact) mass is 265 g/mol. The molecule has 1 amide bonds. The lowest BCUT2D eigenvalue weighted by Gasteiger charge is -2.13. The molecule has 0 aliphatic carbocycles. The van der Waals surface area contributed by atoms with Crippen molar-refractivity contribution in [1.29, 1.82) is 0 Å². The highest BCUT2D eigenvalue weighted by molar-refractivity contribution is 5.98. The number of anilines is 2. The van der Waals surface area contributed by atoms with Crippen molar-refractivity contribution in [3.63, 3.8) is 0 Å². The van der Waals surface area contributed by atoms with E-state index in [0.717, 1.165) is 5.69 Å². The summed E-state index contributed by atoms with van der Waals surface area (Å²) in [6.07, 6.45) is 0. The zero-order valence-corrected chi connectivity index (χ0v) is 11.2. The highest BCUT2D eigenvalue weighted by Gasteiger charge is 2.11. The van der Waals surface area contributed by atoms with E-state index in [4.69, 9.17) is 10.5 Å². The molecule has 0 aromatic heterocycles. The van der Waals surface area contributed by atoms with Gasteiger partial charge < -0.3 is 21.1 Å². The molecule has 0 saturated carbocycles. The lowest BCUT2D eigenvalue weighted by molar-refractivity contribution is -0.114. The maximum atomic E-state index is 11.6. The van der Waals surface area contributed by atoms with E-state index in [1.54, 1.807) is 25.1 Å². The van der Waals surface area contributed by atoms with Gasteiger partial charge in [-0.15, -0.1) is 0 Å². The van der Waals surface area contributed by atoms with Gasteiger partial charge in [0, 0.05) is 6.54 Å². The van der Waals surface area contributed by atoms with Gasteiger partial charge in [-0.05, 0) is 32.0 Å². The number of benzene rings is 1. The molecule has 0 spiro atoms. The fourth-order valence-electron chi connectivity index (χ4n) is 1.53. The van der Waals surface area contributed by atoms with E-state index in [-0.39, 0.29) is 12.5 Å². The Balaban J connectivity index is 3.03. The van der Waals surface area contributed by atoms with Crippen molar-refractivity contribution in [1.82, 2.24) is 0 Å². The van der Waals surface area contributed by atoms with Crippen molar-refractivity contribution in [2.75, 3.05) is 30.3 Å². The van der Waals surface area contributed by atoms with Crippen molar-refractivity contribution >= 4 is 23.3 Å². The van der Waals surface area contributed by atoms with Crippen LogP contribution in [0, 0.1) is 0 Å². The first-order valence-electron chi connectivity index (χ1n) is 6.17. The molecule has 19 heavy (non-hydrogen) atoms. The SMILES string of the molecule is CCNc1ccc(C(=O)OCC)cc1NC(=O)CN. The number of nitrogens with one attached hydrogen (secondary N) is 2. The quantitative estimate of drug-likeness (QED) is 0.672. The summed E-state index contributed by atoms with van der Waals surface area (Å²) >= 11 is 0. The highest BCUT2D eigenvalue weighted by atomic mass is 16.5. The van der Waals surface area contributed by atoms with E-state index in [1.807, 2.05) is 6.92 Å². The Kier molecular flexibility index (Phi) is 5.81. The fourth-order valence-corrected chi connectivity index (χ4v) is 1.53. The first-order valence-corrected chi connectivity index (χ1v) is 6.17. The van der Waals surface area contributed by atoms with Crippen LogP contribution >= 0.6 is 0 Å². The van der Waals surface area contributed by atoms with E-state index >= 15 is 0 Å². The minimum absolute atomic E-state index is 0.116. The predicted molar refractivity (Wildman–Crippen MR) is 74.2 cm³/mol. The topological polar surface area (TPSA) is 93.5 Å². The van der Waals surface area contributed by atoms with Crippen LogP contribution in [0.3, 0.4) is 0 Å². The Labute approximate surface area is 112 Å². The molecular weight excluding hydrogens is 246 g/mol. The first kappa shape index (κ1) is 15.0. The summed E-state index contributed by atoms with van der Waals surface area (Å²) in [6, 6.07) is 4.94. The molecule has 104 valence electrons. The largest absolute Gasteiger partial charge is 0.462 e. The third-order valence-corrected chi connectivity index (χ3v) is 2.36. The maximum Gasteiger partial charge on any atom is 0.338 e. The lowest BCUT2D eigenvalue weighted by atomic mass is 10.1. The first-order chi connectivity index (χ1) is 9.12. The van der Waals surface area contributed by atoms with Crippen LogP contribution in [0.1, 0.15) is 24.2 Å². The van der Waals surface area contributed by atoms with Gasteiger partial charge in [0.1, 0.15) is 0 Å². The van der Waals surface area contributed by atoms with Gasteiger partial charge in [-0.1, -0.05) is 0 Å². The Morgan fingerprint density at radius 2 is 2.00 bits per heavy atom. The van der Waals surface area contributed by atoms with Gasteiger partial charge in [0.15, 0.2) is 0 Å². The molecule has 6 heteroatoms. The van der Waals surface area contributed by atoms with Crippen LogP contribution in [0.25, 0.3) is 0 Å². The molecule has 0 heterocycles. The minimum Gasteiger partial charge on any atom is -0.462 e. The van der Waals surface area contributed by atoms with Crippen LogP contribution in [0.15, 0.2) is 18.2 Å². The third kappa shape index (κ3) is 4.26. The van der Waals surface area contributed by atoms with Crippen LogP contribution in [-0.4, -0.2) is 31.6 Å². The summed E-state index contributed by atoms with van der Waals surface area (Å²) in [5.41, 5.74) is 6.90. The van der Waals surface area contributed by atoms with Gasteiger partial charge in [0.25, 0.3) is 0 Å². The highest BCUT2D eigenvalue weighted by Crippen LogP contribution is 2.23. The number of hydrogen-bond donors (Lipinski definition) is 3. The Hall–Kier alpha value is -2.08. The Bertz CT molecular complexity index is 460. The van der Waals surface area contributed by atoms with E-state index < -0.39 is 5.97 Å². The molecule has 0 aliphatic heterocycles. The second kappa shape index (κ2) is 7.38. The van der Waals surface area contributed by atoms with Crippen LogP contribution < -0.4 is 16.4 Å². The fraction of sp³-hybridized carbons (Fsp3) is 0.385. The summed E-state index contributed by atoms with van der Waals surface area (Å²) in [7, 11) is 0. The molecular formula is C13H19N3O3. The van der Waals surface area contributed by atoms with Gasteiger partial charge in [-0.2, -0.15) is 0 Å². The molecule has 0 atom stereocenters. The molecule has 6 nitrogen and oxygen atoms in total. The lowest BCUT2D eigenvalue weighted by Crippen LogP contribution is -2.22. The average molecular weight is 265 g/mol. The number of carbonyl (C=O) groups excluding carboxylic acids is 2. The van der Waals surface area contributed by atoms with E-state index in [0.29, 0.717) is 24.4 Å². The predicted octanol–water partition coefficient (Wildman–Crippen LogP) is 1.19. The van der Waals surface area contributed by atoms with Crippen LogP contribution in [0.2, 0.25) is 0 Å². The Morgan fingerprint density at radius 3 is 2.58 bits per heavy atom. The summed E-state index contributed by atoms with van der Waals surface area (Å²) in [4.78, 5) is 23.0. The number of esters is 1. The molecule has 4 N–H and O–H groups in total. The minimum atomic E-state index is -0.422. The molecule has 0 saturated heterocycles. The number of nitrogens with two attached hydrogens (primary N) is 1. The second-order valence-electron chi connectivity index (χ2n) is 3.76. The van der Waals surface area contributed by atoms with E-state index in [1.165, 1.54) is 0 Å². The van der Waals surface area contributed by atoms with Crippen molar-refractivity contribution in [3.05, 3.63) is 23.8 Å². The summed E-state index contributed by atoms with van der Waals surface area (Å²) in [5.74, 6) is -0.742. The van der Waals surface area contributed by atoms with Gasteiger partial charge >= 0.3 is 5.97 Å². The number of rotatable bonds is 6. The molecule has 1 aromatic carbocycles. The third-order valence-electron chi connectivity index (χ3n) is 2.36. The molecule has 0 unspecified atom stereocenters. The van der Waals surface area contributed by atoms with Gasteiger partial charge in [0.05, 0.1) is 30.1 Å². The van der Waals surface area contributed by atoms with Gasteiger partial charge in [0.2, 0.25) is 5.91 Å². The molecule has 0 radical (unpaired) electrons. The average Bonchev–Trinajstić information content (AvgIpc) is 2.41. The number of carbonyl (C=O) groups is 2. The van der Waals surface area contributed by atoms with Crippen LogP contribution in [0.5, 0.6) is 0 Å². The zero-order chi connectivity index (χ0) is 14.3. The molecule has 0 aliphatic rings. The van der Waals surface area contributed by atoms with Gasteiger partial charge in [-0.3, -0.25) is 4.79 Å². The zero-order valence-electron chi connectivity index (χ0n) is 11.2. The molecule has 1 rings (SSSR count). The normalized spacial score (nSPS) is 9.84. The molecule has 0 bridgehead atoms. The van der Waals surface area contributed by atoms with Crippen LogP contribution in [0.4, 0.5) is 11.4 Å². The number of amides is 1. The van der Waals surface area contributed by atoms with Crippen molar-refractivity contribution in [3.8, 4) is 0 Å². The van der Waals surface area contributed by atoms with Gasteiger partial charge in [-0.25, -0.2) is 4.79 Å². The summed E-state index contributed by atoms with van der Waals surface area (Å²) in [6.45, 7) is 4.56. The maximum absolute atomic E-state index is 11.6. The van der Waals surface area contributed by atoms with Crippen molar-refractivity contribution in [2.45, 2.75) is 13.8 Å². The van der Waals surface area contributed by atoms with Crippen molar-refractivity contribution in [2.24, 2.45) is 5.73 Å².